The van der Waals surface area contributed by atoms with Crippen molar-refractivity contribution in [2.45, 2.75) is 38.1 Å². The van der Waals surface area contributed by atoms with Crippen LogP contribution < -0.4 is 21.4 Å². The number of aromatic nitrogens is 1. The molecule has 0 radical (unpaired) electrons. The number of nitrogens with zero attached hydrogens (tertiary/aromatic N) is 2. The number of benzene rings is 1. The van der Waals surface area contributed by atoms with Gasteiger partial charge < -0.3 is 25.1 Å². The quantitative estimate of drug-likeness (QED) is 0.390. The van der Waals surface area contributed by atoms with E-state index in [0.29, 0.717) is 29.8 Å². The van der Waals surface area contributed by atoms with Crippen molar-refractivity contribution in [2.24, 2.45) is 11.7 Å². The number of piperidine rings is 1. The number of anilines is 1. The molecule has 3 N–H and O–H groups in total. The SMILES string of the molecule is NC1CCN(CCCOc2cc(=O)oc3cc(-c4ccc(NC(=O)C5CC5)nc4)ccc23)CC1. The van der Waals surface area contributed by atoms with Crippen molar-refractivity contribution < 1.29 is 13.9 Å². The average Bonchev–Trinajstić information content (AvgIpc) is 3.69. The Hall–Kier alpha value is -3.23. The van der Waals surface area contributed by atoms with E-state index in [-0.39, 0.29) is 11.8 Å². The predicted molar refractivity (Wildman–Crippen MR) is 131 cm³/mol. The Morgan fingerprint density at radius 1 is 1.12 bits per heavy atom. The molecule has 1 aliphatic carbocycles. The van der Waals surface area contributed by atoms with E-state index in [0.717, 1.165) is 68.3 Å². The van der Waals surface area contributed by atoms with Crippen molar-refractivity contribution in [1.82, 2.24) is 9.88 Å². The third kappa shape index (κ3) is 5.46. The first-order valence-corrected chi connectivity index (χ1v) is 12.0. The number of likely N-dealkylation sites (tertiary alicyclic amines) is 1. The van der Waals surface area contributed by atoms with E-state index in [1.165, 1.54) is 6.07 Å². The maximum Gasteiger partial charge on any atom is 0.339 e. The van der Waals surface area contributed by atoms with E-state index >= 15 is 0 Å². The van der Waals surface area contributed by atoms with Crippen LogP contribution in [-0.2, 0) is 4.79 Å². The fourth-order valence-corrected chi connectivity index (χ4v) is 4.29. The number of amides is 1. The molecule has 178 valence electrons. The summed E-state index contributed by atoms with van der Waals surface area (Å²) in [5.41, 5.74) is 7.72. The van der Waals surface area contributed by atoms with Crippen LogP contribution in [0.15, 0.2) is 51.8 Å². The van der Waals surface area contributed by atoms with Crippen LogP contribution in [0, 0.1) is 5.92 Å². The van der Waals surface area contributed by atoms with Crippen molar-refractivity contribution in [3.63, 3.8) is 0 Å². The molecule has 8 nitrogen and oxygen atoms in total. The summed E-state index contributed by atoms with van der Waals surface area (Å²) in [7, 11) is 0. The van der Waals surface area contributed by atoms with Gasteiger partial charge in [-0.25, -0.2) is 9.78 Å². The molecule has 0 spiro atoms. The van der Waals surface area contributed by atoms with Crippen LogP contribution in [0.3, 0.4) is 0 Å². The highest BCUT2D eigenvalue weighted by atomic mass is 16.5. The molecule has 5 rings (SSSR count). The number of hydrogen-bond acceptors (Lipinski definition) is 7. The van der Waals surface area contributed by atoms with Gasteiger partial charge in [0.1, 0.15) is 17.2 Å². The maximum atomic E-state index is 12.2. The smallest absolute Gasteiger partial charge is 0.339 e. The molecule has 0 bridgehead atoms. The molecule has 8 heteroatoms. The summed E-state index contributed by atoms with van der Waals surface area (Å²) in [5.74, 6) is 1.23. The minimum absolute atomic E-state index is 0.0281. The van der Waals surface area contributed by atoms with Crippen molar-refractivity contribution in [1.29, 1.82) is 0 Å². The second-order valence-corrected chi connectivity index (χ2v) is 9.22. The molecular formula is C26H30N4O4. The van der Waals surface area contributed by atoms with Crippen LogP contribution in [0.5, 0.6) is 5.75 Å². The highest BCUT2D eigenvalue weighted by molar-refractivity contribution is 5.93. The normalized spacial score (nSPS) is 17.1. The van der Waals surface area contributed by atoms with Gasteiger partial charge >= 0.3 is 5.63 Å². The van der Waals surface area contributed by atoms with Gasteiger partial charge in [0.05, 0.1) is 18.1 Å². The number of nitrogens with two attached hydrogens (primary N) is 1. The minimum Gasteiger partial charge on any atom is -0.492 e. The topological polar surface area (TPSA) is 111 Å². The molecular weight excluding hydrogens is 432 g/mol. The van der Waals surface area contributed by atoms with Gasteiger partial charge in [0.15, 0.2) is 0 Å². The lowest BCUT2D eigenvalue weighted by molar-refractivity contribution is -0.117. The first kappa shape index (κ1) is 22.6. The van der Waals surface area contributed by atoms with E-state index in [4.69, 9.17) is 14.9 Å². The van der Waals surface area contributed by atoms with Gasteiger partial charge in [-0.1, -0.05) is 6.07 Å². The lowest BCUT2D eigenvalue weighted by Crippen LogP contribution is -2.40. The molecule has 1 saturated carbocycles. The zero-order valence-corrected chi connectivity index (χ0v) is 19.2. The molecule has 0 atom stereocenters. The Morgan fingerprint density at radius 2 is 1.91 bits per heavy atom. The summed E-state index contributed by atoms with van der Waals surface area (Å²) in [6, 6.07) is 11.1. The summed E-state index contributed by atoms with van der Waals surface area (Å²) in [6.07, 6.45) is 6.57. The molecule has 2 fully saturated rings. The van der Waals surface area contributed by atoms with Gasteiger partial charge in [0.2, 0.25) is 5.91 Å². The van der Waals surface area contributed by atoms with Crippen LogP contribution >= 0.6 is 0 Å². The van der Waals surface area contributed by atoms with E-state index in [1.54, 1.807) is 12.3 Å². The molecule has 1 aliphatic heterocycles. The number of rotatable bonds is 8. The van der Waals surface area contributed by atoms with Crippen molar-refractivity contribution >= 4 is 22.7 Å². The Morgan fingerprint density at radius 3 is 2.65 bits per heavy atom. The fraction of sp³-hybridized carbons (Fsp3) is 0.423. The van der Waals surface area contributed by atoms with Gasteiger partial charge in [0, 0.05) is 30.3 Å². The second-order valence-electron chi connectivity index (χ2n) is 9.22. The lowest BCUT2D eigenvalue weighted by atomic mass is 10.1. The predicted octanol–water partition coefficient (Wildman–Crippen LogP) is 3.40. The number of carbonyl (C=O) groups is 1. The summed E-state index contributed by atoms with van der Waals surface area (Å²) in [5, 5.41) is 3.60. The van der Waals surface area contributed by atoms with Crippen molar-refractivity contribution in [3.05, 3.63) is 53.0 Å². The van der Waals surface area contributed by atoms with E-state index in [9.17, 15) is 9.59 Å². The number of fused-ring (bicyclic) bond motifs is 1. The molecule has 1 saturated heterocycles. The first-order chi connectivity index (χ1) is 16.5. The highest BCUT2D eigenvalue weighted by Gasteiger charge is 2.29. The van der Waals surface area contributed by atoms with Gasteiger partial charge in [-0.05, 0) is 75.0 Å². The Bertz CT molecular complexity index is 1210. The highest BCUT2D eigenvalue weighted by Crippen LogP contribution is 2.31. The van der Waals surface area contributed by atoms with Gasteiger partial charge in [-0.2, -0.15) is 0 Å². The summed E-state index contributed by atoms with van der Waals surface area (Å²) in [4.78, 5) is 30.8. The second kappa shape index (κ2) is 9.95. The Balaban J connectivity index is 1.24. The lowest BCUT2D eigenvalue weighted by Gasteiger charge is -2.29. The maximum absolute atomic E-state index is 12.2. The zero-order chi connectivity index (χ0) is 23.5. The van der Waals surface area contributed by atoms with Crippen LogP contribution in [0.2, 0.25) is 0 Å². The third-order valence-corrected chi connectivity index (χ3v) is 6.51. The van der Waals surface area contributed by atoms with Gasteiger partial charge in [0.25, 0.3) is 0 Å². The monoisotopic (exact) mass is 462 g/mol. The Kier molecular flexibility index (Phi) is 6.60. The molecule has 3 aromatic rings. The fourth-order valence-electron chi connectivity index (χ4n) is 4.29. The minimum atomic E-state index is -0.444. The standard InChI is InChI=1S/C26H30N4O4/c27-20-8-11-30(12-9-20)10-1-13-33-22-15-25(31)34-23-14-18(4-6-21(22)23)19-5-7-24(28-16-19)29-26(32)17-2-3-17/h4-7,14-17,20H,1-3,8-13,27H2,(H,28,29,32). The largest absolute Gasteiger partial charge is 0.492 e. The van der Waals surface area contributed by atoms with E-state index < -0.39 is 5.63 Å². The Labute approximate surface area is 198 Å². The number of nitrogens with one attached hydrogen (secondary N) is 1. The number of ether oxygens (including phenoxy) is 1. The third-order valence-electron chi connectivity index (χ3n) is 6.51. The molecule has 1 aromatic carbocycles. The first-order valence-electron chi connectivity index (χ1n) is 12.0. The van der Waals surface area contributed by atoms with E-state index in [2.05, 4.69) is 15.2 Å². The summed E-state index contributed by atoms with van der Waals surface area (Å²) < 4.78 is 11.4. The van der Waals surface area contributed by atoms with Gasteiger partial charge in [-0.15, -0.1) is 0 Å². The molecule has 1 amide bonds. The molecule has 2 aliphatic rings. The van der Waals surface area contributed by atoms with E-state index in [1.807, 2.05) is 24.3 Å². The summed E-state index contributed by atoms with van der Waals surface area (Å²) >= 11 is 0. The zero-order valence-electron chi connectivity index (χ0n) is 19.2. The van der Waals surface area contributed by atoms with Crippen LogP contribution in [-0.4, -0.2) is 48.1 Å². The molecule has 34 heavy (non-hydrogen) atoms. The van der Waals surface area contributed by atoms with Crippen molar-refractivity contribution in [3.8, 4) is 16.9 Å². The molecule has 3 heterocycles. The molecule has 2 aromatic heterocycles. The average molecular weight is 463 g/mol. The van der Waals surface area contributed by atoms with Crippen LogP contribution in [0.1, 0.15) is 32.1 Å². The van der Waals surface area contributed by atoms with Gasteiger partial charge in [-0.3, -0.25) is 4.79 Å². The van der Waals surface area contributed by atoms with Crippen molar-refractivity contribution in [2.75, 3.05) is 31.6 Å². The summed E-state index contributed by atoms with van der Waals surface area (Å²) in [6.45, 7) is 3.55. The van der Waals surface area contributed by atoms with Crippen LogP contribution in [0.4, 0.5) is 5.82 Å². The molecule has 0 unspecified atom stereocenters. The number of hydrogen-bond donors (Lipinski definition) is 2. The number of pyridine rings is 1. The van der Waals surface area contributed by atoms with Crippen LogP contribution in [0.25, 0.3) is 22.1 Å². The number of carbonyl (C=O) groups excluding carboxylic acids is 1.